The van der Waals surface area contributed by atoms with E-state index in [1.165, 1.54) is 0 Å². The van der Waals surface area contributed by atoms with Crippen LogP contribution in [-0.2, 0) is 0 Å². The first-order valence-electron chi connectivity index (χ1n) is 5.05. The van der Waals surface area contributed by atoms with Gasteiger partial charge in [0.05, 0.1) is 5.76 Å². The number of hydrogen-bond acceptors (Lipinski definition) is 2. The fraction of sp³-hybridized carbons (Fsp3) is 0.250. The number of nitrogens with one attached hydrogen (secondary N) is 1. The molecule has 2 nitrogen and oxygen atoms in total. The van der Waals surface area contributed by atoms with Crippen molar-refractivity contribution in [3.05, 3.63) is 41.7 Å². The molecule has 0 fully saturated rings. The minimum atomic E-state index is 0.448. The Bertz CT molecular complexity index is 397. The summed E-state index contributed by atoms with van der Waals surface area (Å²) in [5.41, 5.74) is 1.86. The van der Waals surface area contributed by atoms with Crippen LogP contribution in [0.2, 0.25) is 0 Å². The molecular formula is C12H13NOS. The highest BCUT2D eigenvalue weighted by atomic mass is 32.1. The first-order chi connectivity index (χ1) is 7.27. The van der Waals surface area contributed by atoms with Gasteiger partial charge in [-0.15, -0.1) is 0 Å². The molecule has 1 aromatic carbocycles. The third-order valence-corrected chi connectivity index (χ3v) is 2.84. The predicted molar refractivity (Wildman–Crippen MR) is 66.2 cm³/mol. The van der Waals surface area contributed by atoms with Crippen LogP contribution in [0.4, 0.5) is 5.69 Å². The summed E-state index contributed by atoms with van der Waals surface area (Å²) in [6.07, 6.45) is 2.63. The first-order valence-corrected chi connectivity index (χ1v) is 5.45. The molecule has 2 rings (SSSR count). The molecule has 0 aliphatic heterocycles. The Morgan fingerprint density at radius 3 is 2.53 bits per heavy atom. The molecule has 1 aliphatic carbocycles. The Morgan fingerprint density at radius 2 is 1.93 bits per heavy atom. The molecule has 0 unspecified atom stereocenters. The van der Waals surface area contributed by atoms with Gasteiger partial charge in [-0.25, -0.2) is 0 Å². The van der Waals surface area contributed by atoms with Crippen molar-refractivity contribution in [1.29, 1.82) is 0 Å². The lowest BCUT2D eigenvalue weighted by atomic mass is 10.2. The number of allylic oxidation sites excluding steroid dienone is 1. The zero-order valence-corrected chi connectivity index (χ0v) is 9.18. The minimum Gasteiger partial charge on any atom is -0.512 e. The maximum Gasteiger partial charge on any atom is 0.110 e. The largest absolute Gasteiger partial charge is 0.512 e. The van der Waals surface area contributed by atoms with Gasteiger partial charge in [-0.05, 0) is 25.0 Å². The number of rotatable bonds is 2. The molecule has 0 spiro atoms. The van der Waals surface area contributed by atoms with Crippen molar-refractivity contribution in [2.45, 2.75) is 19.3 Å². The van der Waals surface area contributed by atoms with Crippen molar-refractivity contribution in [3.63, 3.8) is 0 Å². The van der Waals surface area contributed by atoms with Crippen molar-refractivity contribution in [1.82, 2.24) is 0 Å². The molecule has 78 valence electrons. The quantitative estimate of drug-likeness (QED) is 0.747. The molecule has 0 saturated carbocycles. The monoisotopic (exact) mass is 219 g/mol. The molecule has 0 bridgehead atoms. The van der Waals surface area contributed by atoms with Gasteiger partial charge in [0.25, 0.3) is 0 Å². The Labute approximate surface area is 94.6 Å². The molecule has 1 aromatic rings. The Morgan fingerprint density at radius 1 is 1.20 bits per heavy atom. The highest BCUT2D eigenvalue weighted by Crippen LogP contribution is 2.25. The molecule has 0 saturated heterocycles. The average molecular weight is 219 g/mol. The number of aliphatic hydroxyl groups is 1. The maximum atomic E-state index is 9.59. The van der Waals surface area contributed by atoms with Gasteiger partial charge in [0.2, 0.25) is 0 Å². The SMILES string of the molecule is OC1=C(C(=S)Nc2ccccc2)CCC1. The van der Waals surface area contributed by atoms with Crippen LogP contribution in [0.15, 0.2) is 41.7 Å². The van der Waals surface area contributed by atoms with Crippen LogP contribution in [0.5, 0.6) is 0 Å². The van der Waals surface area contributed by atoms with Crippen LogP contribution >= 0.6 is 12.2 Å². The second-order valence-corrected chi connectivity index (χ2v) is 4.01. The second kappa shape index (κ2) is 4.45. The summed E-state index contributed by atoms with van der Waals surface area (Å²) in [5, 5.41) is 12.7. The molecule has 2 N–H and O–H groups in total. The number of para-hydroxylation sites is 1. The van der Waals surface area contributed by atoms with Crippen molar-refractivity contribution in [2.24, 2.45) is 0 Å². The summed E-state index contributed by atoms with van der Waals surface area (Å²) in [5.74, 6) is 0.448. The van der Waals surface area contributed by atoms with E-state index in [2.05, 4.69) is 5.32 Å². The fourth-order valence-electron chi connectivity index (χ4n) is 1.70. The predicted octanol–water partition coefficient (Wildman–Crippen LogP) is 3.42. The summed E-state index contributed by atoms with van der Waals surface area (Å²) in [7, 11) is 0. The summed E-state index contributed by atoms with van der Waals surface area (Å²) < 4.78 is 0. The van der Waals surface area contributed by atoms with E-state index < -0.39 is 0 Å². The summed E-state index contributed by atoms with van der Waals surface area (Å²) in [6, 6.07) is 9.78. The minimum absolute atomic E-state index is 0.448. The Kier molecular flexibility index (Phi) is 3.02. The molecular weight excluding hydrogens is 206 g/mol. The van der Waals surface area contributed by atoms with Gasteiger partial charge >= 0.3 is 0 Å². The second-order valence-electron chi connectivity index (χ2n) is 3.60. The lowest BCUT2D eigenvalue weighted by Gasteiger charge is -2.08. The summed E-state index contributed by atoms with van der Waals surface area (Å²) in [4.78, 5) is 0.649. The fourth-order valence-corrected chi connectivity index (χ4v) is 2.04. The van der Waals surface area contributed by atoms with Crippen LogP contribution < -0.4 is 5.32 Å². The molecule has 0 radical (unpaired) electrons. The number of anilines is 1. The highest BCUT2D eigenvalue weighted by molar-refractivity contribution is 7.81. The van der Waals surface area contributed by atoms with Crippen molar-refractivity contribution in [2.75, 3.05) is 5.32 Å². The zero-order chi connectivity index (χ0) is 10.7. The molecule has 15 heavy (non-hydrogen) atoms. The van der Waals surface area contributed by atoms with Gasteiger partial charge in [0, 0.05) is 17.7 Å². The van der Waals surface area contributed by atoms with Crippen LogP contribution in [0.3, 0.4) is 0 Å². The normalized spacial score (nSPS) is 15.5. The first kappa shape index (κ1) is 10.2. The van der Waals surface area contributed by atoms with E-state index >= 15 is 0 Å². The molecule has 3 heteroatoms. The average Bonchev–Trinajstić information content (AvgIpc) is 2.66. The van der Waals surface area contributed by atoms with E-state index in [0.717, 1.165) is 30.5 Å². The Balaban J connectivity index is 2.08. The van der Waals surface area contributed by atoms with E-state index in [0.29, 0.717) is 10.7 Å². The zero-order valence-electron chi connectivity index (χ0n) is 8.36. The smallest absolute Gasteiger partial charge is 0.110 e. The van der Waals surface area contributed by atoms with Crippen molar-refractivity contribution in [3.8, 4) is 0 Å². The number of benzene rings is 1. The molecule has 0 atom stereocenters. The Hall–Kier alpha value is -1.35. The van der Waals surface area contributed by atoms with Crippen LogP contribution in [0.25, 0.3) is 0 Å². The lowest BCUT2D eigenvalue weighted by Crippen LogP contribution is -2.11. The van der Waals surface area contributed by atoms with E-state index in [4.69, 9.17) is 12.2 Å². The molecule has 1 aliphatic rings. The highest BCUT2D eigenvalue weighted by Gasteiger charge is 2.17. The maximum absolute atomic E-state index is 9.59. The standard InChI is InChI=1S/C12H13NOS/c14-11-8-4-7-10(11)12(15)13-9-5-2-1-3-6-9/h1-3,5-6,14H,4,7-8H2,(H,13,15). The van der Waals surface area contributed by atoms with Gasteiger partial charge in [-0.1, -0.05) is 30.4 Å². The third kappa shape index (κ3) is 2.36. The van der Waals surface area contributed by atoms with Gasteiger partial charge in [0.15, 0.2) is 0 Å². The van der Waals surface area contributed by atoms with E-state index in [1.807, 2.05) is 30.3 Å². The number of aliphatic hydroxyl groups excluding tert-OH is 1. The van der Waals surface area contributed by atoms with Crippen LogP contribution in [0.1, 0.15) is 19.3 Å². The van der Waals surface area contributed by atoms with Crippen LogP contribution in [-0.4, -0.2) is 10.1 Å². The van der Waals surface area contributed by atoms with Gasteiger partial charge in [-0.2, -0.15) is 0 Å². The summed E-state index contributed by atoms with van der Waals surface area (Å²) in [6.45, 7) is 0. The van der Waals surface area contributed by atoms with Gasteiger partial charge in [0.1, 0.15) is 4.99 Å². The lowest BCUT2D eigenvalue weighted by molar-refractivity contribution is 0.395. The topological polar surface area (TPSA) is 32.3 Å². The van der Waals surface area contributed by atoms with Crippen molar-refractivity contribution >= 4 is 22.9 Å². The van der Waals surface area contributed by atoms with E-state index in [-0.39, 0.29) is 0 Å². The number of hydrogen-bond donors (Lipinski definition) is 2. The van der Waals surface area contributed by atoms with Gasteiger partial charge < -0.3 is 10.4 Å². The molecule has 0 aromatic heterocycles. The molecule has 0 heterocycles. The van der Waals surface area contributed by atoms with E-state index in [9.17, 15) is 5.11 Å². The third-order valence-electron chi connectivity index (χ3n) is 2.49. The van der Waals surface area contributed by atoms with Gasteiger partial charge in [-0.3, -0.25) is 0 Å². The van der Waals surface area contributed by atoms with E-state index in [1.54, 1.807) is 0 Å². The van der Waals surface area contributed by atoms with Crippen molar-refractivity contribution < 1.29 is 5.11 Å². The molecule has 0 amide bonds. The summed E-state index contributed by atoms with van der Waals surface area (Å²) >= 11 is 5.24. The van der Waals surface area contributed by atoms with Crippen LogP contribution in [0, 0.1) is 0 Å². The number of thiocarbonyl (C=S) groups is 1.